The van der Waals surface area contributed by atoms with E-state index in [-0.39, 0.29) is 17.3 Å². The van der Waals surface area contributed by atoms with Gasteiger partial charge in [0.25, 0.3) is 0 Å². The van der Waals surface area contributed by atoms with E-state index in [1.807, 2.05) is 63.4 Å². The number of ether oxygens (including phenoxy) is 1. The normalized spacial score (nSPS) is 14.3. The lowest BCUT2D eigenvalue weighted by molar-refractivity contribution is 0.101. The van der Waals surface area contributed by atoms with Gasteiger partial charge in [0.05, 0.1) is 11.1 Å². The first-order valence-corrected chi connectivity index (χ1v) is 10.0. The molecule has 3 aromatic rings. The molecule has 1 N–H and O–H groups in total. The Morgan fingerprint density at radius 3 is 2.50 bits per heavy atom. The van der Waals surface area contributed by atoms with Crippen molar-refractivity contribution in [3.8, 4) is 11.5 Å². The van der Waals surface area contributed by atoms with Gasteiger partial charge in [0.15, 0.2) is 5.76 Å². The van der Waals surface area contributed by atoms with Gasteiger partial charge in [0.2, 0.25) is 5.78 Å². The predicted molar refractivity (Wildman–Crippen MR) is 119 cm³/mol. The first kappa shape index (κ1) is 19.9. The summed E-state index contributed by atoms with van der Waals surface area (Å²) in [6.45, 7) is 5.03. The largest absolute Gasteiger partial charge is 0.507 e. The summed E-state index contributed by atoms with van der Waals surface area (Å²) in [5, 5.41) is 10.6. The molecule has 0 fully saturated rings. The van der Waals surface area contributed by atoms with Crippen LogP contribution in [0.5, 0.6) is 11.5 Å². The number of aromatic hydroxyl groups is 1. The number of rotatable bonds is 5. The maximum absolute atomic E-state index is 13.1. The number of carbonyl (C=O) groups is 1. The molecule has 30 heavy (non-hydrogen) atoms. The SMILES string of the molecule is Cc1cccc(/C=C2\Oc3c(CN(C)Cc4ccccc4)c(O)cc(C)c3C2=O)c1. The third-order valence-corrected chi connectivity index (χ3v) is 5.28. The van der Waals surface area contributed by atoms with Crippen LogP contribution in [-0.2, 0) is 13.1 Å². The van der Waals surface area contributed by atoms with E-state index in [2.05, 4.69) is 17.0 Å². The summed E-state index contributed by atoms with van der Waals surface area (Å²) in [5.74, 6) is 0.763. The van der Waals surface area contributed by atoms with Crippen molar-refractivity contribution >= 4 is 11.9 Å². The molecule has 0 aliphatic carbocycles. The minimum atomic E-state index is -0.143. The molecule has 1 aliphatic rings. The van der Waals surface area contributed by atoms with Crippen LogP contribution in [0.15, 0.2) is 66.4 Å². The number of aryl methyl sites for hydroxylation is 2. The molecule has 4 heteroatoms. The predicted octanol–water partition coefficient (Wildman–Crippen LogP) is 5.26. The van der Waals surface area contributed by atoms with Crippen molar-refractivity contribution < 1.29 is 14.6 Å². The van der Waals surface area contributed by atoms with E-state index in [0.29, 0.717) is 23.4 Å². The van der Waals surface area contributed by atoms with Crippen LogP contribution >= 0.6 is 0 Å². The summed E-state index contributed by atoms with van der Waals surface area (Å²) in [5.41, 5.74) is 5.10. The second-order valence-electron chi connectivity index (χ2n) is 7.91. The van der Waals surface area contributed by atoms with Crippen LogP contribution in [0.3, 0.4) is 0 Å². The molecular weight excluding hydrogens is 374 g/mol. The monoisotopic (exact) mass is 399 g/mol. The van der Waals surface area contributed by atoms with E-state index < -0.39 is 0 Å². The van der Waals surface area contributed by atoms with Crippen LogP contribution in [0.4, 0.5) is 0 Å². The summed E-state index contributed by atoms with van der Waals surface area (Å²) in [6.07, 6.45) is 1.77. The van der Waals surface area contributed by atoms with Gasteiger partial charge in [0, 0.05) is 13.1 Å². The van der Waals surface area contributed by atoms with Gasteiger partial charge >= 0.3 is 0 Å². The molecule has 0 bridgehead atoms. The molecule has 4 rings (SSSR count). The number of allylic oxidation sites excluding steroid dienone is 1. The van der Waals surface area contributed by atoms with E-state index >= 15 is 0 Å². The highest BCUT2D eigenvalue weighted by molar-refractivity contribution is 6.15. The summed E-state index contributed by atoms with van der Waals surface area (Å²) in [6, 6.07) is 19.7. The van der Waals surface area contributed by atoms with Gasteiger partial charge < -0.3 is 9.84 Å². The number of phenols is 1. The fraction of sp³-hybridized carbons (Fsp3) is 0.192. The summed E-state index contributed by atoms with van der Waals surface area (Å²) in [7, 11) is 1.99. The molecule has 1 heterocycles. The number of benzene rings is 3. The number of hydrogen-bond acceptors (Lipinski definition) is 4. The van der Waals surface area contributed by atoms with Gasteiger partial charge in [-0.3, -0.25) is 9.69 Å². The van der Waals surface area contributed by atoms with E-state index in [1.165, 1.54) is 5.56 Å². The first-order chi connectivity index (χ1) is 14.4. The average molecular weight is 399 g/mol. The fourth-order valence-corrected chi connectivity index (χ4v) is 3.86. The molecule has 0 spiro atoms. The molecule has 0 saturated carbocycles. The van der Waals surface area contributed by atoms with Crippen molar-refractivity contribution in [1.29, 1.82) is 0 Å². The fourth-order valence-electron chi connectivity index (χ4n) is 3.86. The van der Waals surface area contributed by atoms with Gasteiger partial charge in [-0.1, -0.05) is 60.2 Å². The quantitative estimate of drug-likeness (QED) is 0.595. The zero-order valence-electron chi connectivity index (χ0n) is 17.5. The molecule has 0 radical (unpaired) electrons. The van der Waals surface area contributed by atoms with Gasteiger partial charge in [-0.15, -0.1) is 0 Å². The van der Waals surface area contributed by atoms with Crippen molar-refractivity contribution in [2.45, 2.75) is 26.9 Å². The summed E-state index contributed by atoms with van der Waals surface area (Å²) < 4.78 is 6.03. The van der Waals surface area contributed by atoms with Crippen molar-refractivity contribution in [2.24, 2.45) is 0 Å². The Balaban J connectivity index is 1.65. The maximum Gasteiger partial charge on any atom is 0.232 e. The van der Waals surface area contributed by atoms with Crippen LogP contribution < -0.4 is 4.74 Å². The second-order valence-corrected chi connectivity index (χ2v) is 7.91. The van der Waals surface area contributed by atoms with Crippen molar-refractivity contribution in [1.82, 2.24) is 4.90 Å². The van der Waals surface area contributed by atoms with Crippen LogP contribution in [-0.4, -0.2) is 22.8 Å². The first-order valence-electron chi connectivity index (χ1n) is 10.0. The number of phenolic OH excluding ortho intramolecular Hbond substituents is 1. The van der Waals surface area contributed by atoms with Crippen LogP contribution in [0, 0.1) is 13.8 Å². The van der Waals surface area contributed by atoms with Crippen molar-refractivity contribution in [2.75, 3.05) is 7.05 Å². The molecule has 4 nitrogen and oxygen atoms in total. The number of hydrogen-bond donors (Lipinski definition) is 1. The number of ketones is 1. The number of carbonyl (C=O) groups excluding carboxylic acids is 1. The molecule has 0 saturated heterocycles. The third-order valence-electron chi connectivity index (χ3n) is 5.28. The molecule has 0 unspecified atom stereocenters. The Labute approximate surface area is 177 Å². The lowest BCUT2D eigenvalue weighted by Gasteiger charge is -2.19. The van der Waals surface area contributed by atoms with Crippen molar-refractivity contribution in [3.63, 3.8) is 0 Å². The summed E-state index contributed by atoms with van der Waals surface area (Å²) >= 11 is 0. The Morgan fingerprint density at radius 1 is 1.00 bits per heavy atom. The van der Waals surface area contributed by atoms with Gasteiger partial charge in [-0.05, 0) is 49.7 Å². The standard InChI is InChI=1S/C26H25NO3/c1-17-8-7-11-20(12-17)14-23-25(29)24-18(2)13-22(28)21(26(24)30-23)16-27(3)15-19-9-5-4-6-10-19/h4-14,28H,15-16H2,1-3H3/b23-14-. The average Bonchev–Trinajstić information content (AvgIpc) is 3.02. The molecule has 152 valence electrons. The molecule has 0 aromatic heterocycles. The number of nitrogens with zero attached hydrogens (tertiary/aromatic N) is 1. The van der Waals surface area contributed by atoms with Crippen molar-refractivity contribution in [3.05, 3.63) is 99.8 Å². The minimum Gasteiger partial charge on any atom is -0.507 e. The Kier molecular flexibility index (Phi) is 5.42. The third kappa shape index (κ3) is 4.00. The zero-order chi connectivity index (χ0) is 21.3. The Bertz CT molecular complexity index is 1130. The van der Waals surface area contributed by atoms with E-state index in [1.54, 1.807) is 12.1 Å². The van der Waals surface area contributed by atoms with Gasteiger partial charge in [0.1, 0.15) is 11.5 Å². The number of Topliss-reactive ketones (excluding diaryl/α,β-unsaturated/α-hetero) is 1. The van der Waals surface area contributed by atoms with E-state index in [9.17, 15) is 9.90 Å². The highest BCUT2D eigenvalue weighted by Crippen LogP contribution is 2.42. The lowest BCUT2D eigenvalue weighted by atomic mass is 9.99. The van der Waals surface area contributed by atoms with Gasteiger partial charge in [-0.2, -0.15) is 0 Å². The molecule has 1 aliphatic heterocycles. The smallest absolute Gasteiger partial charge is 0.232 e. The minimum absolute atomic E-state index is 0.143. The maximum atomic E-state index is 13.1. The number of fused-ring (bicyclic) bond motifs is 1. The van der Waals surface area contributed by atoms with Crippen LogP contribution in [0.1, 0.15) is 38.2 Å². The molecule has 0 atom stereocenters. The summed E-state index contributed by atoms with van der Waals surface area (Å²) in [4.78, 5) is 15.2. The highest BCUT2D eigenvalue weighted by Gasteiger charge is 2.33. The van der Waals surface area contributed by atoms with E-state index in [4.69, 9.17) is 4.74 Å². The van der Waals surface area contributed by atoms with Gasteiger partial charge in [-0.25, -0.2) is 0 Å². The molecular formula is C26H25NO3. The Hall–Kier alpha value is -3.37. The topological polar surface area (TPSA) is 49.8 Å². The Morgan fingerprint density at radius 2 is 1.77 bits per heavy atom. The van der Waals surface area contributed by atoms with Crippen LogP contribution in [0.2, 0.25) is 0 Å². The lowest BCUT2D eigenvalue weighted by Crippen LogP contribution is -2.17. The molecule has 0 amide bonds. The molecule has 3 aromatic carbocycles. The van der Waals surface area contributed by atoms with Crippen LogP contribution in [0.25, 0.3) is 6.08 Å². The second kappa shape index (κ2) is 8.17. The van der Waals surface area contributed by atoms with E-state index in [0.717, 1.165) is 23.2 Å². The zero-order valence-corrected chi connectivity index (χ0v) is 17.5. The highest BCUT2D eigenvalue weighted by atomic mass is 16.5.